The molecule has 0 fully saturated rings. The van der Waals surface area contributed by atoms with E-state index < -0.39 is 6.10 Å². The molecule has 35 heavy (non-hydrogen) atoms. The molecule has 0 spiro atoms. The highest BCUT2D eigenvalue weighted by atomic mass is 79.9. The number of rotatable bonds is 21. The Balaban J connectivity index is 2.88. The lowest BCUT2D eigenvalue weighted by Gasteiger charge is -2.29. The third kappa shape index (κ3) is 13.9. The summed E-state index contributed by atoms with van der Waals surface area (Å²) in [5.41, 5.74) is 0. The number of alkyl halides is 1. The second kappa shape index (κ2) is 20.3. The van der Waals surface area contributed by atoms with Crippen molar-refractivity contribution in [3.05, 3.63) is 16.6 Å². The summed E-state index contributed by atoms with van der Waals surface area (Å²) in [6.45, 7) is 8.24. The maximum Gasteiger partial charge on any atom is 0.263 e. The standard InChI is InChI=1S/C28H49Br2N3O2/c1-5-8-10-12-14-16-20-33(21-17-15-13-11-9-6-2)28(34)25(22-23(29)7-3)35-26-19-18-24(30)27(31-4)32-26/h18-19,23,25H,5-17,20-22H2,1-4H3,(H,31,32). The molecule has 0 saturated carbocycles. The molecule has 1 aromatic heterocycles. The number of ether oxygens (including phenoxy) is 1. The summed E-state index contributed by atoms with van der Waals surface area (Å²) in [5, 5.41) is 3.07. The fourth-order valence-electron chi connectivity index (χ4n) is 4.11. The van der Waals surface area contributed by atoms with Gasteiger partial charge in [0.25, 0.3) is 5.91 Å². The van der Waals surface area contributed by atoms with Gasteiger partial charge in [0, 0.05) is 37.5 Å². The predicted molar refractivity (Wildman–Crippen MR) is 157 cm³/mol. The maximum absolute atomic E-state index is 13.8. The molecule has 1 amide bonds. The van der Waals surface area contributed by atoms with Gasteiger partial charge in [0.2, 0.25) is 5.88 Å². The third-order valence-corrected chi connectivity index (χ3v) is 8.04. The second-order valence-corrected chi connectivity index (χ2v) is 11.6. The first-order chi connectivity index (χ1) is 17.0. The van der Waals surface area contributed by atoms with Crippen LogP contribution in [0.25, 0.3) is 0 Å². The molecular formula is C28H49Br2N3O2. The first kappa shape index (κ1) is 32.2. The van der Waals surface area contributed by atoms with E-state index in [1.54, 1.807) is 0 Å². The molecule has 0 aliphatic heterocycles. The summed E-state index contributed by atoms with van der Waals surface area (Å²) < 4.78 is 7.12. The van der Waals surface area contributed by atoms with E-state index in [4.69, 9.17) is 4.74 Å². The third-order valence-electron chi connectivity index (χ3n) is 6.38. The van der Waals surface area contributed by atoms with Crippen LogP contribution in [0.1, 0.15) is 111 Å². The molecule has 1 rings (SSSR count). The van der Waals surface area contributed by atoms with E-state index in [1.165, 1.54) is 64.2 Å². The minimum Gasteiger partial charge on any atom is -0.464 e. The second-order valence-electron chi connectivity index (χ2n) is 9.44. The van der Waals surface area contributed by atoms with Gasteiger partial charge in [-0.05, 0) is 41.3 Å². The van der Waals surface area contributed by atoms with Gasteiger partial charge in [-0.25, -0.2) is 0 Å². The lowest BCUT2D eigenvalue weighted by Crippen LogP contribution is -2.44. The molecule has 2 unspecified atom stereocenters. The lowest BCUT2D eigenvalue weighted by molar-refractivity contribution is -0.139. The fraction of sp³-hybridized carbons (Fsp3) is 0.786. The van der Waals surface area contributed by atoms with Crippen LogP contribution in [0.3, 0.4) is 0 Å². The van der Waals surface area contributed by atoms with Crippen LogP contribution in [-0.4, -0.2) is 46.9 Å². The molecule has 0 aromatic carbocycles. The number of carbonyl (C=O) groups excluding carboxylic acids is 1. The molecule has 202 valence electrons. The van der Waals surface area contributed by atoms with Crippen molar-refractivity contribution in [1.29, 1.82) is 0 Å². The number of aromatic nitrogens is 1. The zero-order chi connectivity index (χ0) is 25.9. The molecule has 1 aromatic rings. The number of amides is 1. The van der Waals surface area contributed by atoms with E-state index in [-0.39, 0.29) is 10.7 Å². The molecular weight excluding hydrogens is 570 g/mol. The van der Waals surface area contributed by atoms with E-state index in [1.807, 2.05) is 19.2 Å². The first-order valence-corrected chi connectivity index (χ1v) is 15.6. The Morgan fingerprint density at radius 2 is 1.49 bits per heavy atom. The highest BCUT2D eigenvalue weighted by Crippen LogP contribution is 2.25. The summed E-state index contributed by atoms with van der Waals surface area (Å²) in [6.07, 6.45) is 15.7. The zero-order valence-corrected chi connectivity index (χ0v) is 25.8. The van der Waals surface area contributed by atoms with Gasteiger partial charge in [0.15, 0.2) is 6.10 Å². The minimum atomic E-state index is -0.544. The summed E-state index contributed by atoms with van der Waals surface area (Å²) in [4.78, 5) is 20.6. The van der Waals surface area contributed by atoms with Crippen molar-refractivity contribution in [1.82, 2.24) is 9.88 Å². The number of hydrogen-bond donors (Lipinski definition) is 1. The van der Waals surface area contributed by atoms with Crippen molar-refractivity contribution in [2.24, 2.45) is 0 Å². The van der Waals surface area contributed by atoms with Crippen molar-refractivity contribution in [3.8, 4) is 5.88 Å². The van der Waals surface area contributed by atoms with Crippen LogP contribution in [-0.2, 0) is 4.79 Å². The number of carbonyl (C=O) groups is 1. The SMILES string of the molecule is CCCCCCCCN(CCCCCCCC)C(=O)C(CC(Br)CC)Oc1ccc(Br)c(NC)n1. The van der Waals surface area contributed by atoms with Gasteiger partial charge in [0.05, 0.1) is 4.47 Å². The van der Waals surface area contributed by atoms with Gasteiger partial charge in [-0.15, -0.1) is 0 Å². The van der Waals surface area contributed by atoms with Crippen molar-refractivity contribution in [2.45, 2.75) is 122 Å². The highest BCUT2D eigenvalue weighted by Gasteiger charge is 2.28. The Kier molecular flexibility index (Phi) is 18.6. The summed E-state index contributed by atoms with van der Waals surface area (Å²) in [5.74, 6) is 1.28. The monoisotopic (exact) mass is 617 g/mol. The zero-order valence-electron chi connectivity index (χ0n) is 22.6. The van der Waals surface area contributed by atoms with Crippen LogP contribution < -0.4 is 10.1 Å². The van der Waals surface area contributed by atoms with Gasteiger partial charge in [0.1, 0.15) is 5.82 Å². The van der Waals surface area contributed by atoms with E-state index in [9.17, 15) is 4.79 Å². The van der Waals surface area contributed by atoms with Crippen LogP contribution >= 0.6 is 31.9 Å². The molecule has 0 saturated heterocycles. The highest BCUT2D eigenvalue weighted by molar-refractivity contribution is 9.10. The van der Waals surface area contributed by atoms with Crippen LogP contribution in [0.4, 0.5) is 5.82 Å². The van der Waals surface area contributed by atoms with Crippen LogP contribution in [0.2, 0.25) is 0 Å². The van der Waals surface area contributed by atoms with E-state index in [2.05, 4.69) is 67.8 Å². The molecule has 2 atom stereocenters. The molecule has 0 aliphatic carbocycles. The van der Waals surface area contributed by atoms with E-state index >= 15 is 0 Å². The number of unbranched alkanes of at least 4 members (excludes halogenated alkanes) is 10. The number of halogens is 2. The Labute approximate surface area is 231 Å². The van der Waals surface area contributed by atoms with Crippen LogP contribution in [0.5, 0.6) is 5.88 Å². The number of nitrogens with zero attached hydrogens (tertiary/aromatic N) is 2. The number of anilines is 1. The summed E-state index contributed by atoms with van der Waals surface area (Å²) in [6, 6.07) is 3.73. The molecule has 1 N–H and O–H groups in total. The normalized spacial score (nSPS) is 12.9. The molecule has 0 radical (unpaired) electrons. The van der Waals surface area contributed by atoms with Crippen molar-refractivity contribution in [3.63, 3.8) is 0 Å². The van der Waals surface area contributed by atoms with Crippen molar-refractivity contribution >= 4 is 43.6 Å². The number of pyridine rings is 1. The maximum atomic E-state index is 13.8. The average molecular weight is 620 g/mol. The molecule has 0 aliphatic rings. The number of nitrogens with one attached hydrogen (secondary N) is 1. The van der Waals surface area contributed by atoms with Gasteiger partial charge >= 0.3 is 0 Å². The molecule has 7 heteroatoms. The topological polar surface area (TPSA) is 54.5 Å². The Morgan fingerprint density at radius 3 is 2.00 bits per heavy atom. The minimum absolute atomic E-state index is 0.0979. The summed E-state index contributed by atoms with van der Waals surface area (Å²) >= 11 is 7.23. The lowest BCUT2D eigenvalue weighted by atomic mass is 10.1. The first-order valence-electron chi connectivity index (χ1n) is 13.9. The smallest absolute Gasteiger partial charge is 0.263 e. The quantitative estimate of drug-likeness (QED) is 0.110. The van der Waals surface area contributed by atoms with Crippen LogP contribution in [0, 0.1) is 0 Å². The number of hydrogen-bond acceptors (Lipinski definition) is 4. The van der Waals surface area contributed by atoms with Crippen LogP contribution in [0.15, 0.2) is 16.6 Å². The van der Waals surface area contributed by atoms with Gasteiger partial charge < -0.3 is 15.0 Å². The Morgan fingerprint density at radius 1 is 0.943 bits per heavy atom. The van der Waals surface area contributed by atoms with E-state index in [0.29, 0.717) is 18.1 Å². The van der Waals surface area contributed by atoms with Crippen molar-refractivity contribution in [2.75, 3.05) is 25.5 Å². The Hall–Kier alpha value is -0.820. The molecule has 1 heterocycles. The van der Waals surface area contributed by atoms with Gasteiger partial charge in [-0.1, -0.05) is 101 Å². The van der Waals surface area contributed by atoms with Gasteiger partial charge in [-0.3, -0.25) is 4.79 Å². The Bertz CT molecular complexity index is 674. The predicted octanol–water partition coefficient (Wildman–Crippen LogP) is 8.75. The van der Waals surface area contributed by atoms with E-state index in [0.717, 1.165) is 36.8 Å². The average Bonchev–Trinajstić information content (AvgIpc) is 2.86. The fourth-order valence-corrected chi connectivity index (χ4v) is 4.87. The molecule has 5 nitrogen and oxygen atoms in total. The molecule has 0 bridgehead atoms. The van der Waals surface area contributed by atoms with Gasteiger partial charge in [-0.2, -0.15) is 4.98 Å². The van der Waals surface area contributed by atoms with Crippen molar-refractivity contribution < 1.29 is 9.53 Å². The summed E-state index contributed by atoms with van der Waals surface area (Å²) in [7, 11) is 1.83. The largest absolute Gasteiger partial charge is 0.464 e.